The van der Waals surface area contributed by atoms with Crippen LogP contribution in [-0.4, -0.2) is 20.6 Å². The Morgan fingerprint density at radius 2 is 2.16 bits per heavy atom. The summed E-state index contributed by atoms with van der Waals surface area (Å²) in [5.74, 6) is 1.03. The molecule has 1 saturated carbocycles. The first-order valence-electron chi connectivity index (χ1n) is 6.90. The minimum Gasteiger partial charge on any atom is -0.481 e. The first-order chi connectivity index (χ1) is 9.24. The molecule has 1 fully saturated rings. The molecule has 2 aromatic rings. The van der Waals surface area contributed by atoms with Gasteiger partial charge in [0.1, 0.15) is 5.82 Å². The van der Waals surface area contributed by atoms with E-state index in [1.807, 2.05) is 24.3 Å². The number of carboxylic acid groups (broad SMARTS) is 1. The average Bonchev–Trinajstić information content (AvgIpc) is 2.69. The maximum Gasteiger partial charge on any atom is 0.305 e. The van der Waals surface area contributed by atoms with Gasteiger partial charge in [0.2, 0.25) is 0 Å². The summed E-state index contributed by atoms with van der Waals surface area (Å²) < 4.78 is 2.09. The van der Waals surface area contributed by atoms with Gasteiger partial charge in [-0.15, -0.1) is 0 Å². The van der Waals surface area contributed by atoms with E-state index in [-0.39, 0.29) is 6.42 Å². The first-order valence-corrected chi connectivity index (χ1v) is 6.90. The molecule has 0 amide bonds. The van der Waals surface area contributed by atoms with E-state index in [0.29, 0.717) is 6.54 Å². The molecule has 19 heavy (non-hydrogen) atoms. The number of fused-ring (bicyclic) bond motifs is 1. The predicted molar refractivity (Wildman–Crippen MR) is 73.0 cm³/mol. The van der Waals surface area contributed by atoms with E-state index in [4.69, 9.17) is 5.11 Å². The van der Waals surface area contributed by atoms with Crippen LogP contribution < -0.4 is 0 Å². The van der Waals surface area contributed by atoms with Gasteiger partial charge < -0.3 is 9.67 Å². The molecule has 0 aliphatic heterocycles. The quantitative estimate of drug-likeness (QED) is 0.897. The highest BCUT2D eigenvalue weighted by atomic mass is 16.4. The van der Waals surface area contributed by atoms with Gasteiger partial charge in [0.15, 0.2) is 0 Å². The predicted octanol–water partition coefficient (Wildman–Crippen LogP) is 2.85. The molecular weight excluding hydrogens is 240 g/mol. The number of rotatable bonds is 5. The van der Waals surface area contributed by atoms with Crippen LogP contribution in [0, 0.1) is 5.92 Å². The van der Waals surface area contributed by atoms with Crippen molar-refractivity contribution in [2.75, 3.05) is 0 Å². The molecule has 0 unspecified atom stereocenters. The van der Waals surface area contributed by atoms with E-state index in [9.17, 15) is 4.79 Å². The molecule has 3 rings (SSSR count). The summed E-state index contributed by atoms with van der Waals surface area (Å²) in [6.07, 6.45) is 5.01. The Morgan fingerprint density at radius 3 is 2.84 bits per heavy atom. The monoisotopic (exact) mass is 258 g/mol. The van der Waals surface area contributed by atoms with Crippen molar-refractivity contribution in [2.45, 2.75) is 38.6 Å². The number of nitrogens with zero attached hydrogens (tertiary/aromatic N) is 2. The molecule has 0 atom stereocenters. The molecular formula is C15H18N2O2. The maximum absolute atomic E-state index is 10.8. The van der Waals surface area contributed by atoms with Gasteiger partial charge >= 0.3 is 5.97 Å². The number of para-hydroxylation sites is 2. The second kappa shape index (κ2) is 5.03. The van der Waals surface area contributed by atoms with Gasteiger partial charge in [-0.25, -0.2) is 4.98 Å². The molecule has 1 aliphatic rings. The van der Waals surface area contributed by atoms with Gasteiger partial charge in [-0.05, 0) is 18.1 Å². The second-order valence-corrected chi connectivity index (χ2v) is 5.31. The van der Waals surface area contributed by atoms with E-state index in [1.165, 1.54) is 19.3 Å². The lowest BCUT2D eigenvalue weighted by molar-refractivity contribution is -0.137. The third-order valence-electron chi connectivity index (χ3n) is 3.98. The van der Waals surface area contributed by atoms with Crippen LogP contribution in [0.3, 0.4) is 0 Å². The molecule has 1 N–H and O–H groups in total. The topological polar surface area (TPSA) is 55.1 Å². The number of aryl methyl sites for hydroxylation is 1. The van der Waals surface area contributed by atoms with Crippen molar-refractivity contribution < 1.29 is 9.90 Å². The fourth-order valence-electron chi connectivity index (χ4n) is 2.69. The Hall–Kier alpha value is -1.84. The summed E-state index contributed by atoms with van der Waals surface area (Å²) in [5.41, 5.74) is 2.03. The average molecular weight is 258 g/mol. The number of carboxylic acids is 1. The van der Waals surface area contributed by atoms with Crippen molar-refractivity contribution in [3.63, 3.8) is 0 Å². The zero-order valence-corrected chi connectivity index (χ0v) is 10.9. The second-order valence-electron chi connectivity index (χ2n) is 5.31. The third-order valence-corrected chi connectivity index (χ3v) is 3.98. The zero-order chi connectivity index (χ0) is 13.2. The minimum atomic E-state index is -0.757. The Balaban J connectivity index is 1.92. The molecule has 1 aliphatic carbocycles. The molecule has 0 saturated heterocycles. The van der Waals surface area contributed by atoms with Crippen LogP contribution in [0.25, 0.3) is 11.0 Å². The van der Waals surface area contributed by atoms with E-state index >= 15 is 0 Å². The smallest absolute Gasteiger partial charge is 0.305 e. The van der Waals surface area contributed by atoms with Crippen LogP contribution in [0.5, 0.6) is 0 Å². The van der Waals surface area contributed by atoms with E-state index < -0.39 is 5.97 Å². The van der Waals surface area contributed by atoms with Crippen LogP contribution in [0.15, 0.2) is 24.3 Å². The van der Waals surface area contributed by atoms with E-state index in [2.05, 4.69) is 9.55 Å². The van der Waals surface area contributed by atoms with Crippen LogP contribution in [0.1, 0.15) is 31.5 Å². The molecule has 1 heterocycles. The number of aromatic nitrogens is 2. The van der Waals surface area contributed by atoms with Crippen molar-refractivity contribution in [3.8, 4) is 0 Å². The van der Waals surface area contributed by atoms with Gasteiger partial charge in [0.05, 0.1) is 17.5 Å². The van der Waals surface area contributed by atoms with Crippen molar-refractivity contribution >= 4 is 17.0 Å². The Kier molecular flexibility index (Phi) is 3.23. The summed E-state index contributed by atoms with van der Waals surface area (Å²) in [4.78, 5) is 15.5. The highest BCUT2D eigenvalue weighted by Gasteiger charge is 2.21. The van der Waals surface area contributed by atoms with E-state index in [1.54, 1.807) is 0 Å². The lowest BCUT2D eigenvalue weighted by Gasteiger charge is -2.25. The number of hydrogen-bond donors (Lipinski definition) is 1. The summed E-state index contributed by atoms with van der Waals surface area (Å²) in [6, 6.07) is 7.98. The van der Waals surface area contributed by atoms with Crippen molar-refractivity contribution in [1.82, 2.24) is 9.55 Å². The van der Waals surface area contributed by atoms with Crippen molar-refractivity contribution in [2.24, 2.45) is 5.92 Å². The van der Waals surface area contributed by atoms with Crippen LogP contribution in [0.4, 0.5) is 0 Å². The summed E-state index contributed by atoms with van der Waals surface area (Å²) in [7, 11) is 0. The van der Waals surface area contributed by atoms with Gasteiger partial charge in [0, 0.05) is 13.0 Å². The first kappa shape index (κ1) is 12.2. The molecule has 0 bridgehead atoms. The molecule has 1 aromatic heterocycles. The lowest BCUT2D eigenvalue weighted by Crippen LogP contribution is -2.17. The van der Waals surface area contributed by atoms with Gasteiger partial charge in [-0.2, -0.15) is 0 Å². The fraction of sp³-hybridized carbons (Fsp3) is 0.467. The molecule has 0 radical (unpaired) electrons. The Morgan fingerprint density at radius 1 is 1.37 bits per heavy atom. The Labute approximate surface area is 112 Å². The summed E-state index contributed by atoms with van der Waals surface area (Å²) >= 11 is 0. The van der Waals surface area contributed by atoms with Crippen LogP contribution in [0.2, 0.25) is 0 Å². The summed E-state index contributed by atoms with van der Waals surface area (Å²) in [5, 5.41) is 8.88. The van der Waals surface area contributed by atoms with Crippen molar-refractivity contribution in [1.29, 1.82) is 0 Å². The number of aliphatic carboxylic acids is 1. The van der Waals surface area contributed by atoms with Crippen LogP contribution >= 0.6 is 0 Å². The molecule has 100 valence electrons. The standard InChI is InChI=1S/C15H18N2O2/c18-15(19)8-9-17-13-7-2-1-6-12(13)16-14(17)10-11-4-3-5-11/h1-2,6-7,11H,3-5,8-10H2,(H,18,19). The maximum atomic E-state index is 10.8. The van der Waals surface area contributed by atoms with Crippen LogP contribution in [-0.2, 0) is 17.8 Å². The van der Waals surface area contributed by atoms with Gasteiger partial charge in [-0.1, -0.05) is 31.4 Å². The highest BCUT2D eigenvalue weighted by Crippen LogP contribution is 2.30. The Bertz CT molecular complexity index is 599. The largest absolute Gasteiger partial charge is 0.481 e. The fourth-order valence-corrected chi connectivity index (χ4v) is 2.69. The normalized spacial score (nSPS) is 15.6. The van der Waals surface area contributed by atoms with E-state index in [0.717, 1.165) is 29.2 Å². The molecule has 1 aromatic carbocycles. The zero-order valence-electron chi connectivity index (χ0n) is 10.9. The van der Waals surface area contributed by atoms with Gasteiger partial charge in [0.25, 0.3) is 0 Å². The number of benzene rings is 1. The SMILES string of the molecule is O=C(O)CCn1c(CC2CCC2)nc2ccccc21. The number of hydrogen-bond acceptors (Lipinski definition) is 2. The highest BCUT2D eigenvalue weighted by molar-refractivity contribution is 5.76. The number of imidazole rings is 1. The molecule has 0 spiro atoms. The minimum absolute atomic E-state index is 0.151. The van der Waals surface area contributed by atoms with Crippen molar-refractivity contribution in [3.05, 3.63) is 30.1 Å². The lowest BCUT2D eigenvalue weighted by atomic mass is 9.83. The number of carbonyl (C=O) groups is 1. The molecule has 4 nitrogen and oxygen atoms in total. The summed E-state index contributed by atoms with van der Waals surface area (Å²) in [6.45, 7) is 0.512. The molecule has 4 heteroatoms. The third kappa shape index (κ3) is 2.48. The van der Waals surface area contributed by atoms with Gasteiger partial charge in [-0.3, -0.25) is 4.79 Å².